The number of carbonyl (C=O) groups is 2. The molecule has 2 atom stereocenters. The van der Waals surface area contributed by atoms with Gasteiger partial charge in [-0.2, -0.15) is 0 Å². The molecular formula is C16H18N2O4. The van der Waals surface area contributed by atoms with Crippen molar-refractivity contribution in [3.63, 3.8) is 0 Å². The Hall–Kier alpha value is -2.76. The number of hydrogen-bond acceptors (Lipinski definition) is 4. The zero-order valence-electron chi connectivity index (χ0n) is 12.3. The van der Waals surface area contributed by atoms with Crippen LogP contribution in [0.3, 0.4) is 0 Å². The lowest BCUT2D eigenvalue weighted by Gasteiger charge is -2.33. The molecule has 1 aliphatic heterocycles. The number of rotatable bonds is 5. The summed E-state index contributed by atoms with van der Waals surface area (Å²) < 4.78 is 10.4. The Kier molecular flexibility index (Phi) is 4.83. The van der Waals surface area contributed by atoms with Gasteiger partial charge in [-0.15, -0.1) is 0 Å². The van der Waals surface area contributed by atoms with E-state index >= 15 is 0 Å². The van der Waals surface area contributed by atoms with Crippen LogP contribution in [0.1, 0.15) is 11.6 Å². The maximum absolute atomic E-state index is 12.1. The topological polar surface area (TPSA) is 76.7 Å². The van der Waals surface area contributed by atoms with Crippen molar-refractivity contribution in [3.8, 4) is 5.75 Å². The van der Waals surface area contributed by atoms with Crippen LogP contribution in [-0.4, -0.2) is 25.7 Å². The molecule has 1 aromatic rings. The third-order valence-corrected chi connectivity index (χ3v) is 3.34. The monoisotopic (exact) mass is 302 g/mol. The Morgan fingerprint density at radius 2 is 2.14 bits per heavy atom. The van der Waals surface area contributed by atoms with E-state index in [-0.39, 0.29) is 0 Å². The van der Waals surface area contributed by atoms with Crippen LogP contribution in [0.15, 0.2) is 49.2 Å². The summed E-state index contributed by atoms with van der Waals surface area (Å²) in [6.07, 6.45) is 1.62. The number of amides is 2. The van der Waals surface area contributed by atoms with E-state index in [0.29, 0.717) is 23.6 Å². The summed E-state index contributed by atoms with van der Waals surface area (Å²) in [5, 5.41) is 5.23. The highest BCUT2D eigenvalue weighted by Gasteiger charge is 2.39. The molecule has 0 spiro atoms. The van der Waals surface area contributed by atoms with Gasteiger partial charge >= 0.3 is 12.0 Å². The highest BCUT2D eigenvalue weighted by molar-refractivity contribution is 5.85. The van der Waals surface area contributed by atoms with Gasteiger partial charge in [-0.3, -0.25) is 4.79 Å². The van der Waals surface area contributed by atoms with Gasteiger partial charge in [0.25, 0.3) is 0 Å². The fourth-order valence-corrected chi connectivity index (χ4v) is 2.37. The molecule has 116 valence electrons. The van der Waals surface area contributed by atoms with Crippen molar-refractivity contribution in [3.05, 3.63) is 54.8 Å². The molecule has 0 saturated carbocycles. The van der Waals surface area contributed by atoms with Crippen LogP contribution in [0.2, 0.25) is 0 Å². The number of carbonyl (C=O) groups excluding carboxylic acids is 2. The smallest absolute Gasteiger partial charge is 0.319 e. The van der Waals surface area contributed by atoms with Gasteiger partial charge in [-0.1, -0.05) is 37.4 Å². The molecule has 0 aliphatic carbocycles. The Morgan fingerprint density at radius 3 is 2.82 bits per heavy atom. The first-order valence-corrected chi connectivity index (χ1v) is 6.75. The Balaban J connectivity index is 2.42. The van der Waals surface area contributed by atoms with Crippen molar-refractivity contribution in [1.82, 2.24) is 10.6 Å². The minimum Gasteiger partial charge on any atom is -0.489 e. The molecule has 2 rings (SSSR count). The normalized spacial score (nSPS) is 20.6. The van der Waals surface area contributed by atoms with Crippen molar-refractivity contribution in [2.75, 3.05) is 13.7 Å². The number of methoxy groups -OCH3 is 1. The highest BCUT2D eigenvalue weighted by Crippen LogP contribution is 2.35. The van der Waals surface area contributed by atoms with E-state index in [1.165, 1.54) is 7.11 Å². The molecule has 1 fully saturated rings. The SMILES string of the molecule is C=CCOc1ccccc1[C@H]1NC(=O)NC(=C)[C@@H]1C(=O)OC. The molecule has 0 unspecified atom stereocenters. The van der Waals surface area contributed by atoms with Crippen molar-refractivity contribution >= 4 is 12.0 Å². The molecule has 1 aliphatic rings. The van der Waals surface area contributed by atoms with Gasteiger partial charge in [-0.25, -0.2) is 4.79 Å². The first-order valence-electron chi connectivity index (χ1n) is 6.75. The lowest BCUT2D eigenvalue weighted by atomic mass is 9.88. The molecule has 6 heteroatoms. The van der Waals surface area contributed by atoms with Crippen LogP contribution in [0, 0.1) is 5.92 Å². The molecule has 22 heavy (non-hydrogen) atoms. The zero-order valence-corrected chi connectivity index (χ0v) is 12.3. The van der Waals surface area contributed by atoms with Crippen molar-refractivity contribution in [1.29, 1.82) is 0 Å². The molecule has 1 saturated heterocycles. The second kappa shape index (κ2) is 6.80. The molecule has 0 aromatic heterocycles. The Labute approximate surface area is 128 Å². The minimum absolute atomic E-state index is 0.291. The van der Waals surface area contributed by atoms with Gasteiger partial charge in [0.1, 0.15) is 18.3 Å². The van der Waals surface area contributed by atoms with E-state index in [1.807, 2.05) is 6.07 Å². The molecule has 6 nitrogen and oxygen atoms in total. The standard InChI is InChI=1S/C16H18N2O4/c1-4-9-22-12-8-6-5-7-11(12)14-13(15(19)21-3)10(2)17-16(20)18-14/h4-8,13-14H,1-2,9H2,3H3,(H2,17,18,20)/t13-,14+/m0/s1. The third kappa shape index (κ3) is 3.11. The predicted octanol–water partition coefficient (Wildman–Crippen LogP) is 1.91. The second-order valence-electron chi connectivity index (χ2n) is 4.74. The number of para-hydroxylation sites is 1. The van der Waals surface area contributed by atoms with E-state index in [2.05, 4.69) is 23.8 Å². The second-order valence-corrected chi connectivity index (χ2v) is 4.74. The quantitative estimate of drug-likeness (QED) is 0.643. The number of benzene rings is 1. The van der Waals surface area contributed by atoms with Gasteiger partial charge < -0.3 is 20.1 Å². The summed E-state index contributed by atoms with van der Waals surface area (Å²) in [6, 6.07) is 6.14. The average Bonchev–Trinajstić information content (AvgIpc) is 2.51. The minimum atomic E-state index is -0.740. The number of ether oxygens (including phenoxy) is 2. The largest absolute Gasteiger partial charge is 0.489 e. The van der Waals surface area contributed by atoms with Gasteiger partial charge in [0, 0.05) is 11.3 Å². The van der Waals surface area contributed by atoms with Crippen molar-refractivity contribution in [2.45, 2.75) is 6.04 Å². The van der Waals surface area contributed by atoms with Gasteiger partial charge in [0.15, 0.2) is 0 Å². The van der Waals surface area contributed by atoms with Gasteiger partial charge in [0.2, 0.25) is 0 Å². The Morgan fingerprint density at radius 1 is 1.41 bits per heavy atom. The fraction of sp³-hybridized carbons (Fsp3) is 0.250. The first-order chi connectivity index (χ1) is 10.6. The summed E-state index contributed by atoms with van der Waals surface area (Å²) in [4.78, 5) is 23.8. The maximum Gasteiger partial charge on any atom is 0.319 e. The van der Waals surface area contributed by atoms with E-state index in [9.17, 15) is 9.59 Å². The Bertz CT molecular complexity index is 612. The number of esters is 1. The average molecular weight is 302 g/mol. The molecule has 2 amide bonds. The van der Waals surface area contributed by atoms with Crippen molar-refractivity contribution < 1.29 is 19.1 Å². The number of urea groups is 1. The fourth-order valence-electron chi connectivity index (χ4n) is 2.37. The first kappa shape index (κ1) is 15.6. The van der Waals surface area contributed by atoms with E-state index in [1.54, 1.807) is 24.3 Å². The lowest BCUT2D eigenvalue weighted by Crippen LogP contribution is -2.51. The van der Waals surface area contributed by atoms with Crippen LogP contribution in [0.25, 0.3) is 0 Å². The zero-order chi connectivity index (χ0) is 16.1. The number of hydrogen-bond donors (Lipinski definition) is 2. The van der Waals surface area contributed by atoms with E-state index in [0.717, 1.165) is 0 Å². The van der Waals surface area contributed by atoms with Gasteiger partial charge in [0.05, 0.1) is 13.2 Å². The summed E-state index contributed by atoms with van der Waals surface area (Å²) in [5.41, 5.74) is 0.967. The highest BCUT2D eigenvalue weighted by atomic mass is 16.5. The van der Waals surface area contributed by atoms with Crippen LogP contribution in [-0.2, 0) is 9.53 Å². The van der Waals surface area contributed by atoms with Crippen LogP contribution in [0.4, 0.5) is 4.79 Å². The molecule has 0 bridgehead atoms. The van der Waals surface area contributed by atoms with E-state index in [4.69, 9.17) is 9.47 Å². The van der Waals surface area contributed by atoms with Gasteiger partial charge in [-0.05, 0) is 6.07 Å². The van der Waals surface area contributed by atoms with E-state index < -0.39 is 24.0 Å². The summed E-state index contributed by atoms with van der Waals surface area (Å²) >= 11 is 0. The van der Waals surface area contributed by atoms with Crippen molar-refractivity contribution in [2.24, 2.45) is 5.92 Å². The van der Waals surface area contributed by atoms with Crippen LogP contribution in [0.5, 0.6) is 5.75 Å². The summed E-state index contributed by atoms with van der Waals surface area (Å²) in [7, 11) is 1.29. The molecule has 2 N–H and O–H groups in total. The number of nitrogens with one attached hydrogen (secondary N) is 2. The van der Waals surface area contributed by atoms with Crippen LogP contribution < -0.4 is 15.4 Å². The molecule has 0 radical (unpaired) electrons. The summed E-state index contributed by atoms with van der Waals surface area (Å²) in [6.45, 7) is 7.68. The maximum atomic E-state index is 12.1. The van der Waals surface area contributed by atoms with Crippen LogP contribution >= 0.6 is 0 Å². The summed E-state index contributed by atoms with van der Waals surface area (Å²) in [5.74, 6) is -0.659. The molecule has 1 heterocycles. The predicted molar refractivity (Wildman–Crippen MR) is 81.2 cm³/mol. The molecule has 1 aromatic carbocycles. The third-order valence-electron chi connectivity index (χ3n) is 3.34. The molecular weight excluding hydrogens is 284 g/mol. The lowest BCUT2D eigenvalue weighted by molar-refractivity contribution is -0.145.